The second-order valence-electron chi connectivity index (χ2n) is 9.39. The maximum atomic E-state index is 12.8. The van der Waals surface area contributed by atoms with Gasteiger partial charge < -0.3 is 15.0 Å². The normalized spacial score (nSPS) is 27.6. The standard InChI is InChI=1S/C23H29F3N2O3/c1-31-21(30)27-19-12-17(13-19)20(29)28-10-8-22(9-11-28)7-6-16(14-22)15-2-4-18(5-3-15)23(24,25)26/h2-5,16-17,19H,6-14H2,1H3,(H,27,30). The van der Waals surface area contributed by atoms with Crippen LogP contribution in [0.15, 0.2) is 24.3 Å². The highest BCUT2D eigenvalue weighted by molar-refractivity contribution is 5.80. The Bertz CT molecular complexity index is 810. The number of nitrogens with zero attached hydrogens (tertiary/aromatic N) is 1. The summed E-state index contributed by atoms with van der Waals surface area (Å²) in [5.41, 5.74) is 0.580. The Morgan fingerprint density at radius 2 is 1.74 bits per heavy atom. The van der Waals surface area contributed by atoms with Gasteiger partial charge in [-0.15, -0.1) is 0 Å². The minimum atomic E-state index is -4.30. The molecule has 170 valence electrons. The average molecular weight is 438 g/mol. The second kappa shape index (κ2) is 8.36. The molecule has 1 unspecified atom stereocenters. The van der Waals surface area contributed by atoms with Crippen LogP contribution in [-0.2, 0) is 15.7 Å². The van der Waals surface area contributed by atoms with Gasteiger partial charge in [0.15, 0.2) is 0 Å². The summed E-state index contributed by atoms with van der Waals surface area (Å²) in [7, 11) is 1.32. The Morgan fingerprint density at radius 3 is 2.32 bits per heavy atom. The number of halogens is 3. The molecule has 1 heterocycles. The lowest BCUT2D eigenvalue weighted by Gasteiger charge is -2.43. The molecular formula is C23H29F3N2O3. The number of ether oxygens (including phenoxy) is 1. The SMILES string of the molecule is COC(=O)NC1CC(C(=O)N2CCC3(CCC(c4ccc(C(F)(F)F)cc4)C3)CC2)C1. The molecule has 8 heteroatoms. The number of alkyl halides is 3. The van der Waals surface area contributed by atoms with Crippen LogP contribution < -0.4 is 5.32 Å². The number of benzene rings is 1. The molecule has 0 bridgehead atoms. The summed E-state index contributed by atoms with van der Waals surface area (Å²) in [6.07, 6.45) is 1.49. The highest BCUT2D eigenvalue weighted by Crippen LogP contribution is 2.52. The number of likely N-dealkylation sites (tertiary alicyclic amines) is 1. The van der Waals surface area contributed by atoms with E-state index in [1.807, 2.05) is 4.90 Å². The van der Waals surface area contributed by atoms with Crippen LogP contribution >= 0.6 is 0 Å². The van der Waals surface area contributed by atoms with Crippen molar-refractivity contribution >= 4 is 12.0 Å². The van der Waals surface area contributed by atoms with E-state index in [-0.39, 0.29) is 23.3 Å². The number of piperidine rings is 1. The van der Waals surface area contributed by atoms with Crippen molar-refractivity contribution in [3.63, 3.8) is 0 Å². The summed E-state index contributed by atoms with van der Waals surface area (Å²) in [4.78, 5) is 26.0. The molecule has 1 spiro atoms. The van der Waals surface area contributed by atoms with Gasteiger partial charge in [0.05, 0.1) is 12.7 Å². The van der Waals surface area contributed by atoms with E-state index in [9.17, 15) is 22.8 Å². The number of carbonyl (C=O) groups is 2. The number of hydrogen-bond acceptors (Lipinski definition) is 3. The molecule has 1 aromatic rings. The average Bonchev–Trinajstić information content (AvgIpc) is 3.13. The molecule has 1 aliphatic heterocycles. The van der Waals surface area contributed by atoms with Gasteiger partial charge in [-0.3, -0.25) is 4.79 Å². The predicted octanol–water partition coefficient (Wildman–Crippen LogP) is 4.72. The van der Waals surface area contributed by atoms with Crippen LogP contribution in [0.5, 0.6) is 0 Å². The van der Waals surface area contributed by atoms with Gasteiger partial charge in [-0.2, -0.15) is 13.2 Å². The van der Waals surface area contributed by atoms with Gasteiger partial charge in [0.2, 0.25) is 5.91 Å². The van der Waals surface area contributed by atoms with Crippen LogP contribution in [0, 0.1) is 11.3 Å². The molecule has 1 atom stereocenters. The summed E-state index contributed by atoms with van der Waals surface area (Å²) < 4.78 is 43.0. The maximum Gasteiger partial charge on any atom is 0.416 e. The predicted molar refractivity (Wildman–Crippen MR) is 108 cm³/mol. The van der Waals surface area contributed by atoms with Crippen LogP contribution in [0.1, 0.15) is 62.0 Å². The minimum absolute atomic E-state index is 0.0110. The van der Waals surface area contributed by atoms with Crippen LogP contribution in [0.4, 0.5) is 18.0 Å². The van der Waals surface area contributed by atoms with Crippen molar-refractivity contribution < 1.29 is 27.5 Å². The maximum absolute atomic E-state index is 12.8. The molecule has 1 aromatic carbocycles. The van der Waals surface area contributed by atoms with Gasteiger partial charge in [-0.1, -0.05) is 12.1 Å². The molecule has 2 saturated carbocycles. The summed E-state index contributed by atoms with van der Waals surface area (Å²) in [6, 6.07) is 5.63. The molecule has 4 rings (SSSR count). The summed E-state index contributed by atoms with van der Waals surface area (Å²) in [5.74, 6) is 0.441. The van der Waals surface area contributed by atoms with Crippen molar-refractivity contribution in [2.24, 2.45) is 11.3 Å². The summed E-state index contributed by atoms with van der Waals surface area (Å²) in [6.45, 7) is 1.48. The lowest BCUT2D eigenvalue weighted by molar-refractivity contribution is -0.141. The van der Waals surface area contributed by atoms with Crippen molar-refractivity contribution in [3.05, 3.63) is 35.4 Å². The molecule has 2 amide bonds. The smallest absolute Gasteiger partial charge is 0.416 e. The first-order valence-corrected chi connectivity index (χ1v) is 11.0. The third-order valence-electron chi connectivity index (χ3n) is 7.54. The lowest BCUT2D eigenvalue weighted by atomic mass is 9.74. The largest absolute Gasteiger partial charge is 0.453 e. The van der Waals surface area contributed by atoms with Gasteiger partial charge in [0, 0.05) is 25.0 Å². The van der Waals surface area contributed by atoms with E-state index in [4.69, 9.17) is 0 Å². The minimum Gasteiger partial charge on any atom is -0.453 e. The summed E-state index contributed by atoms with van der Waals surface area (Å²) in [5, 5.41) is 2.73. The zero-order valence-electron chi connectivity index (χ0n) is 17.7. The fourth-order valence-electron chi connectivity index (χ4n) is 5.51. The van der Waals surface area contributed by atoms with Crippen molar-refractivity contribution in [3.8, 4) is 0 Å². The number of methoxy groups -OCH3 is 1. The van der Waals surface area contributed by atoms with Crippen LogP contribution in [0.25, 0.3) is 0 Å². The Morgan fingerprint density at radius 1 is 1.10 bits per heavy atom. The second-order valence-corrected chi connectivity index (χ2v) is 9.39. The monoisotopic (exact) mass is 438 g/mol. The zero-order chi connectivity index (χ0) is 22.2. The first-order chi connectivity index (χ1) is 14.7. The van der Waals surface area contributed by atoms with Gasteiger partial charge >= 0.3 is 12.3 Å². The van der Waals surface area contributed by atoms with Crippen molar-refractivity contribution in [2.45, 2.75) is 63.1 Å². The molecule has 3 aliphatic rings. The zero-order valence-corrected chi connectivity index (χ0v) is 17.7. The van der Waals surface area contributed by atoms with Crippen molar-refractivity contribution in [2.75, 3.05) is 20.2 Å². The highest BCUT2D eigenvalue weighted by Gasteiger charge is 2.44. The van der Waals surface area contributed by atoms with E-state index < -0.39 is 17.8 Å². The molecule has 0 radical (unpaired) electrons. The number of carbonyl (C=O) groups excluding carboxylic acids is 2. The van der Waals surface area contributed by atoms with Crippen LogP contribution in [0.2, 0.25) is 0 Å². The van der Waals surface area contributed by atoms with Crippen molar-refractivity contribution in [1.29, 1.82) is 0 Å². The number of alkyl carbamates (subject to hydrolysis) is 1. The Labute approximate surface area is 180 Å². The molecule has 2 aliphatic carbocycles. The Hall–Kier alpha value is -2.25. The molecule has 31 heavy (non-hydrogen) atoms. The van der Waals surface area contributed by atoms with E-state index in [0.29, 0.717) is 18.8 Å². The quantitative estimate of drug-likeness (QED) is 0.743. The Kier molecular flexibility index (Phi) is 5.92. The fraction of sp³-hybridized carbons (Fsp3) is 0.652. The molecule has 1 N–H and O–H groups in total. The first-order valence-electron chi connectivity index (χ1n) is 11.0. The molecular weight excluding hydrogens is 409 g/mol. The van der Waals surface area contributed by atoms with Gasteiger partial charge in [-0.05, 0) is 74.0 Å². The van der Waals surface area contributed by atoms with Crippen molar-refractivity contribution in [1.82, 2.24) is 10.2 Å². The molecule has 5 nitrogen and oxygen atoms in total. The summed E-state index contributed by atoms with van der Waals surface area (Å²) >= 11 is 0. The number of rotatable bonds is 3. The first kappa shape index (κ1) is 22.0. The molecule has 3 fully saturated rings. The van der Waals surface area contributed by atoms with E-state index in [1.165, 1.54) is 19.2 Å². The van der Waals surface area contributed by atoms with Crippen LogP contribution in [-0.4, -0.2) is 43.1 Å². The van der Waals surface area contributed by atoms with E-state index >= 15 is 0 Å². The topological polar surface area (TPSA) is 58.6 Å². The fourth-order valence-corrected chi connectivity index (χ4v) is 5.51. The molecule has 0 aromatic heterocycles. The van der Waals surface area contributed by atoms with Gasteiger partial charge in [0.1, 0.15) is 0 Å². The molecule has 1 saturated heterocycles. The third kappa shape index (κ3) is 4.67. The lowest BCUT2D eigenvalue weighted by Crippen LogP contribution is -2.52. The van der Waals surface area contributed by atoms with E-state index in [2.05, 4.69) is 10.1 Å². The van der Waals surface area contributed by atoms with Gasteiger partial charge in [-0.25, -0.2) is 4.79 Å². The number of amides is 2. The number of hydrogen-bond donors (Lipinski definition) is 1. The van der Waals surface area contributed by atoms with Crippen LogP contribution in [0.3, 0.4) is 0 Å². The van der Waals surface area contributed by atoms with E-state index in [0.717, 1.165) is 50.8 Å². The van der Waals surface area contributed by atoms with E-state index in [1.54, 1.807) is 12.1 Å². The van der Waals surface area contributed by atoms with Gasteiger partial charge in [0.25, 0.3) is 0 Å². The highest BCUT2D eigenvalue weighted by atomic mass is 19.4. The Balaban J connectivity index is 1.26. The number of nitrogens with one attached hydrogen (secondary N) is 1. The third-order valence-corrected chi connectivity index (χ3v) is 7.54.